The maximum absolute atomic E-state index is 11.9. The zero-order valence-corrected chi connectivity index (χ0v) is 7.88. The van der Waals surface area contributed by atoms with E-state index in [1.807, 2.05) is 0 Å². The summed E-state index contributed by atoms with van der Waals surface area (Å²) in [6, 6.07) is 0. The van der Waals surface area contributed by atoms with Crippen LogP contribution in [0.25, 0.3) is 0 Å². The van der Waals surface area contributed by atoms with Crippen molar-refractivity contribution in [2.75, 3.05) is 0 Å². The third-order valence-electron chi connectivity index (χ3n) is 1.32. The minimum Gasteiger partial charge on any atom is -0.488 e. The first-order chi connectivity index (χ1) is 6.37. The molecular formula is C8H11F3N2O. The van der Waals surface area contributed by atoms with Crippen LogP contribution in [0.15, 0.2) is 12.4 Å². The third kappa shape index (κ3) is 3.68. The third-order valence-corrected chi connectivity index (χ3v) is 1.32. The van der Waals surface area contributed by atoms with E-state index in [9.17, 15) is 13.2 Å². The molecule has 1 aromatic heterocycles. The number of halogens is 3. The lowest BCUT2D eigenvalue weighted by Crippen LogP contribution is -2.17. The van der Waals surface area contributed by atoms with E-state index >= 15 is 0 Å². The molecule has 0 spiro atoms. The number of aromatic nitrogens is 2. The van der Waals surface area contributed by atoms with Crippen molar-refractivity contribution in [1.29, 1.82) is 0 Å². The average molecular weight is 208 g/mol. The standard InChI is InChI=1S/C8H11F3N2O/c1-6(2)14-7-3-12-13(4-7)5-8(9,10)11/h3-4,6H,5H2,1-2H3. The summed E-state index contributed by atoms with van der Waals surface area (Å²) in [4.78, 5) is 0. The number of rotatable bonds is 3. The fourth-order valence-corrected chi connectivity index (χ4v) is 0.948. The second-order valence-electron chi connectivity index (χ2n) is 3.16. The smallest absolute Gasteiger partial charge is 0.408 e. The van der Waals surface area contributed by atoms with Crippen LogP contribution in [0.4, 0.5) is 13.2 Å². The lowest BCUT2D eigenvalue weighted by Gasteiger charge is -2.06. The monoisotopic (exact) mass is 208 g/mol. The molecule has 0 bridgehead atoms. The molecule has 80 valence electrons. The predicted molar refractivity (Wildman–Crippen MR) is 44.0 cm³/mol. The van der Waals surface area contributed by atoms with E-state index < -0.39 is 12.7 Å². The highest BCUT2D eigenvalue weighted by molar-refractivity contribution is 5.11. The summed E-state index contributed by atoms with van der Waals surface area (Å²) >= 11 is 0. The Balaban J connectivity index is 2.60. The van der Waals surface area contributed by atoms with Crippen molar-refractivity contribution in [3.63, 3.8) is 0 Å². The van der Waals surface area contributed by atoms with Gasteiger partial charge in [-0.25, -0.2) is 0 Å². The summed E-state index contributed by atoms with van der Waals surface area (Å²) < 4.78 is 41.7. The van der Waals surface area contributed by atoms with Crippen molar-refractivity contribution in [1.82, 2.24) is 9.78 Å². The van der Waals surface area contributed by atoms with Crippen LogP contribution in [0.2, 0.25) is 0 Å². The molecule has 0 radical (unpaired) electrons. The molecule has 0 saturated heterocycles. The summed E-state index contributed by atoms with van der Waals surface area (Å²) in [6.45, 7) is 2.50. The Labute approximate surface area is 79.5 Å². The van der Waals surface area contributed by atoms with Gasteiger partial charge in [0.15, 0.2) is 5.75 Å². The highest BCUT2D eigenvalue weighted by atomic mass is 19.4. The minimum absolute atomic E-state index is 0.0708. The van der Waals surface area contributed by atoms with Crippen molar-refractivity contribution in [3.05, 3.63) is 12.4 Å². The lowest BCUT2D eigenvalue weighted by molar-refractivity contribution is -0.142. The van der Waals surface area contributed by atoms with Crippen molar-refractivity contribution in [2.24, 2.45) is 0 Å². The van der Waals surface area contributed by atoms with Gasteiger partial charge in [0.25, 0.3) is 0 Å². The molecule has 0 N–H and O–H groups in total. The Bertz CT molecular complexity index is 293. The van der Waals surface area contributed by atoms with Gasteiger partial charge in [-0.2, -0.15) is 18.3 Å². The molecule has 1 rings (SSSR count). The zero-order valence-electron chi connectivity index (χ0n) is 7.88. The maximum Gasteiger partial charge on any atom is 0.408 e. The summed E-state index contributed by atoms with van der Waals surface area (Å²) in [6.07, 6.45) is -1.82. The SMILES string of the molecule is CC(C)Oc1cnn(CC(F)(F)F)c1. The van der Waals surface area contributed by atoms with Crippen LogP contribution in [0.1, 0.15) is 13.8 Å². The second-order valence-corrected chi connectivity index (χ2v) is 3.16. The molecule has 0 fully saturated rings. The maximum atomic E-state index is 11.9. The van der Waals surface area contributed by atoms with Gasteiger partial charge < -0.3 is 4.74 Å². The molecule has 0 aliphatic rings. The van der Waals surface area contributed by atoms with E-state index in [2.05, 4.69) is 5.10 Å². The lowest BCUT2D eigenvalue weighted by atomic mass is 10.5. The van der Waals surface area contributed by atoms with E-state index in [4.69, 9.17) is 4.74 Å². The molecule has 14 heavy (non-hydrogen) atoms. The normalized spacial score (nSPS) is 12.1. The topological polar surface area (TPSA) is 27.1 Å². The first kappa shape index (κ1) is 10.9. The summed E-state index contributed by atoms with van der Waals surface area (Å²) in [7, 11) is 0. The fourth-order valence-electron chi connectivity index (χ4n) is 0.948. The van der Waals surface area contributed by atoms with E-state index in [0.29, 0.717) is 5.75 Å². The first-order valence-corrected chi connectivity index (χ1v) is 4.13. The molecular weight excluding hydrogens is 197 g/mol. The van der Waals surface area contributed by atoms with Gasteiger partial charge >= 0.3 is 6.18 Å². The summed E-state index contributed by atoms with van der Waals surface area (Å²) in [5, 5.41) is 3.53. The predicted octanol–water partition coefficient (Wildman–Crippen LogP) is 2.23. The average Bonchev–Trinajstić information content (AvgIpc) is 2.30. The highest BCUT2D eigenvalue weighted by Gasteiger charge is 2.28. The molecule has 0 unspecified atom stereocenters. The van der Waals surface area contributed by atoms with Gasteiger partial charge in [0.1, 0.15) is 6.54 Å². The number of ether oxygens (including phenoxy) is 1. The minimum atomic E-state index is -4.25. The van der Waals surface area contributed by atoms with Crippen molar-refractivity contribution in [2.45, 2.75) is 32.7 Å². The van der Waals surface area contributed by atoms with Gasteiger partial charge in [-0.15, -0.1) is 0 Å². The molecule has 1 heterocycles. The van der Waals surface area contributed by atoms with Gasteiger partial charge in [0.2, 0.25) is 0 Å². The Kier molecular flexibility index (Phi) is 3.03. The van der Waals surface area contributed by atoms with Gasteiger partial charge in [-0.05, 0) is 13.8 Å². The van der Waals surface area contributed by atoms with Gasteiger partial charge in [0.05, 0.1) is 18.5 Å². The molecule has 0 aliphatic carbocycles. The Hall–Kier alpha value is -1.20. The van der Waals surface area contributed by atoms with Crippen LogP contribution in [0.5, 0.6) is 5.75 Å². The highest BCUT2D eigenvalue weighted by Crippen LogP contribution is 2.19. The summed E-state index contributed by atoms with van der Waals surface area (Å²) in [5.74, 6) is 0.351. The van der Waals surface area contributed by atoms with Gasteiger partial charge in [-0.1, -0.05) is 0 Å². The van der Waals surface area contributed by atoms with Gasteiger partial charge in [-0.3, -0.25) is 4.68 Å². The molecule has 0 saturated carbocycles. The number of alkyl halides is 3. The largest absolute Gasteiger partial charge is 0.488 e. The second kappa shape index (κ2) is 3.89. The van der Waals surface area contributed by atoms with Crippen LogP contribution >= 0.6 is 0 Å². The Morgan fingerprint density at radius 1 is 1.50 bits per heavy atom. The molecule has 3 nitrogen and oxygen atoms in total. The Morgan fingerprint density at radius 2 is 2.14 bits per heavy atom. The van der Waals surface area contributed by atoms with Crippen LogP contribution in [-0.2, 0) is 6.54 Å². The van der Waals surface area contributed by atoms with Crippen LogP contribution < -0.4 is 4.74 Å². The van der Waals surface area contributed by atoms with Crippen molar-refractivity contribution >= 4 is 0 Å². The Morgan fingerprint density at radius 3 is 2.64 bits per heavy atom. The number of hydrogen-bond donors (Lipinski definition) is 0. The first-order valence-electron chi connectivity index (χ1n) is 4.13. The number of hydrogen-bond acceptors (Lipinski definition) is 2. The molecule has 1 aromatic rings. The molecule has 0 aliphatic heterocycles. The molecule has 6 heteroatoms. The van der Waals surface area contributed by atoms with E-state index in [1.54, 1.807) is 13.8 Å². The number of nitrogens with zero attached hydrogens (tertiary/aromatic N) is 2. The van der Waals surface area contributed by atoms with Crippen LogP contribution in [0.3, 0.4) is 0 Å². The van der Waals surface area contributed by atoms with Crippen molar-refractivity contribution < 1.29 is 17.9 Å². The van der Waals surface area contributed by atoms with Crippen LogP contribution in [0, 0.1) is 0 Å². The van der Waals surface area contributed by atoms with E-state index in [1.165, 1.54) is 12.4 Å². The van der Waals surface area contributed by atoms with Gasteiger partial charge in [0, 0.05) is 0 Å². The van der Waals surface area contributed by atoms with E-state index in [-0.39, 0.29) is 6.10 Å². The van der Waals surface area contributed by atoms with E-state index in [0.717, 1.165) is 4.68 Å². The quantitative estimate of drug-likeness (QED) is 0.761. The molecule has 0 amide bonds. The van der Waals surface area contributed by atoms with Crippen LogP contribution in [-0.4, -0.2) is 22.1 Å². The molecule has 0 aromatic carbocycles. The van der Waals surface area contributed by atoms with Crippen molar-refractivity contribution in [3.8, 4) is 5.75 Å². The molecule has 0 atom stereocenters. The summed E-state index contributed by atoms with van der Waals surface area (Å²) in [5.41, 5.74) is 0. The zero-order chi connectivity index (χ0) is 10.8. The fraction of sp³-hybridized carbons (Fsp3) is 0.625.